The molecule has 0 aliphatic rings. The molecule has 0 aromatic carbocycles. The van der Waals surface area contributed by atoms with E-state index in [1.807, 2.05) is 27.7 Å². The Balaban J connectivity index is 4.52. The van der Waals surface area contributed by atoms with Gasteiger partial charge in [0.05, 0.1) is 38.1 Å². The van der Waals surface area contributed by atoms with Crippen LogP contribution in [0, 0.1) is 0 Å². The standard InChI is InChI=1S/C15H32O6/c1-11(8-16-5)19-14(4)15(20-12(2)9-17-6)21-13(3)10-18-7/h11-15H,8-10H2,1-7H3. The predicted molar refractivity (Wildman–Crippen MR) is 80.5 cm³/mol. The minimum atomic E-state index is -0.486. The van der Waals surface area contributed by atoms with E-state index in [9.17, 15) is 0 Å². The van der Waals surface area contributed by atoms with Crippen molar-refractivity contribution in [2.75, 3.05) is 41.2 Å². The first-order chi connectivity index (χ1) is 9.94. The number of hydrogen-bond acceptors (Lipinski definition) is 6. The summed E-state index contributed by atoms with van der Waals surface area (Å²) < 4.78 is 32.9. The second kappa shape index (κ2) is 12.3. The highest BCUT2D eigenvalue weighted by molar-refractivity contribution is 4.64. The molecule has 0 saturated heterocycles. The fourth-order valence-corrected chi connectivity index (χ4v) is 1.96. The Morgan fingerprint density at radius 2 is 0.905 bits per heavy atom. The van der Waals surface area contributed by atoms with Crippen LogP contribution in [-0.2, 0) is 28.4 Å². The van der Waals surface area contributed by atoms with Gasteiger partial charge in [0.2, 0.25) is 0 Å². The van der Waals surface area contributed by atoms with E-state index in [1.54, 1.807) is 21.3 Å². The third-order valence-corrected chi connectivity index (χ3v) is 2.77. The number of rotatable bonds is 13. The Hall–Kier alpha value is -0.240. The SMILES string of the molecule is COCC(C)OC(C)C(OC(C)COC)OC(C)COC. The molecule has 0 N–H and O–H groups in total. The van der Waals surface area contributed by atoms with Crippen molar-refractivity contribution in [1.29, 1.82) is 0 Å². The first-order valence-corrected chi connectivity index (χ1v) is 7.37. The Kier molecular flexibility index (Phi) is 12.2. The third kappa shape index (κ3) is 10.2. The van der Waals surface area contributed by atoms with E-state index in [4.69, 9.17) is 28.4 Å². The topological polar surface area (TPSA) is 55.4 Å². The van der Waals surface area contributed by atoms with Gasteiger partial charge in [-0.1, -0.05) is 0 Å². The molecule has 0 bridgehead atoms. The minimum absolute atomic E-state index is 0.0323. The van der Waals surface area contributed by atoms with Crippen molar-refractivity contribution >= 4 is 0 Å². The van der Waals surface area contributed by atoms with Crippen LogP contribution in [0.2, 0.25) is 0 Å². The van der Waals surface area contributed by atoms with Gasteiger partial charge in [-0.15, -0.1) is 0 Å². The lowest BCUT2D eigenvalue weighted by atomic mass is 10.3. The number of hydrogen-bond donors (Lipinski definition) is 0. The van der Waals surface area contributed by atoms with Crippen molar-refractivity contribution in [3.05, 3.63) is 0 Å². The zero-order chi connectivity index (χ0) is 16.3. The largest absolute Gasteiger partial charge is 0.382 e. The molecule has 4 unspecified atom stereocenters. The maximum absolute atomic E-state index is 5.88. The van der Waals surface area contributed by atoms with Gasteiger partial charge < -0.3 is 28.4 Å². The van der Waals surface area contributed by atoms with Crippen molar-refractivity contribution in [2.24, 2.45) is 0 Å². The maximum Gasteiger partial charge on any atom is 0.184 e. The highest BCUT2D eigenvalue weighted by Gasteiger charge is 2.25. The summed E-state index contributed by atoms with van der Waals surface area (Å²) in [7, 11) is 4.93. The summed E-state index contributed by atoms with van der Waals surface area (Å²) >= 11 is 0. The highest BCUT2D eigenvalue weighted by Crippen LogP contribution is 2.14. The van der Waals surface area contributed by atoms with Gasteiger partial charge in [-0.2, -0.15) is 0 Å². The Labute approximate surface area is 129 Å². The van der Waals surface area contributed by atoms with Crippen molar-refractivity contribution in [2.45, 2.75) is 58.4 Å². The molecule has 0 heterocycles. The van der Waals surface area contributed by atoms with E-state index in [-0.39, 0.29) is 24.4 Å². The quantitative estimate of drug-likeness (QED) is 0.484. The summed E-state index contributed by atoms with van der Waals surface area (Å²) in [6.07, 6.45) is -0.916. The van der Waals surface area contributed by atoms with Crippen LogP contribution in [0.25, 0.3) is 0 Å². The van der Waals surface area contributed by atoms with E-state index >= 15 is 0 Å². The van der Waals surface area contributed by atoms with Gasteiger partial charge in [-0.3, -0.25) is 0 Å². The molecular formula is C15H32O6. The summed E-state index contributed by atoms with van der Waals surface area (Å²) in [6, 6.07) is 0. The summed E-state index contributed by atoms with van der Waals surface area (Å²) in [4.78, 5) is 0. The van der Waals surface area contributed by atoms with Crippen molar-refractivity contribution < 1.29 is 28.4 Å². The molecule has 21 heavy (non-hydrogen) atoms. The van der Waals surface area contributed by atoms with Gasteiger partial charge in [-0.25, -0.2) is 0 Å². The third-order valence-electron chi connectivity index (χ3n) is 2.77. The van der Waals surface area contributed by atoms with Crippen molar-refractivity contribution in [1.82, 2.24) is 0 Å². The molecule has 0 amide bonds. The Morgan fingerprint density at radius 1 is 0.571 bits per heavy atom. The number of ether oxygens (including phenoxy) is 6. The second-order valence-corrected chi connectivity index (χ2v) is 5.28. The predicted octanol–water partition coefficient (Wildman–Crippen LogP) is 1.86. The molecule has 6 nitrogen and oxygen atoms in total. The van der Waals surface area contributed by atoms with Crippen LogP contribution in [0.3, 0.4) is 0 Å². The molecule has 0 aromatic heterocycles. The molecule has 0 aromatic rings. The molecule has 128 valence electrons. The molecular weight excluding hydrogens is 276 g/mol. The van der Waals surface area contributed by atoms with E-state index in [1.165, 1.54) is 0 Å². The molecule has 0 aliphatic heterocycles. The summed E-state index contributed by atoms with van der Waals surface area (Å²) in [5, 5.41) is 0. The van der Waals surface area contributed by atoms with Gasteiger partial charge in [0.15, 0.2) is 6.29 Å². The first kappa shape index (κ1) is 20.8. The van der Waals surface area contributed by atoms with E-state index in [0.29, 0.717) is 19.8 Å². The summed E-state index contributed by atoms with van der Waals surface area (Å²) in [5.74, 6) is 0. The van der Waals surface area contributed by atoms with Crippen molar-refractivity contribution in [3.8, 4) is 0 Å². The van der Waals surface area contributed by atoms with Gasteiger partial charge >= 0.3 is 0 Å². The number of methoxy groups -OCH3 is 3. The molecule has 4 atom stereocenters. The van der Waals surface area contributed by atoms with Crippen LogP contribution < -0.4 is 0 Å². The van der Waals surface area contributed by atoms with Gasteiger partial charge in [0, 0.05) is 21.3 Å². The smallest absolute Gasteiger partial charge is 0.184 e. The fraction of sp³-hybridized carbons (Fsp3) is 1.00. The molecule has 0 saturated carbocycles. The van der Waals surface area contributed by atoms with Crippen LogP contribution in [0.1, 0.15) is 27.7 Å². The molecule has 0 spiro atoms. The molecule has 0 rings (SSSR count). The van der Waals surface area contributed by atoms with E-state index in [2.05, 4.69) is 0 Å². The zero-order valence-electron chi connectivity index (χ0n) is 14.5. The fourth-order valence-electron chi connectivity index (χ4n) is 1.96. The first-order valence-electron chi connectivity index (χ1n) is 7.37. The van der Waals surface area contributed by atoms with Crippen LogP contribution in [-0.4, -0.2) is 71.9 Å². The lowest BCUT2D eigenvalue weighted by molar-refractivity contribution is -0.252. The molecule has 0 aliphatic carbocycles. The average molecular weight is 308 g/mol. The summed E-state index contributed by atoms with van der Waals surface area (Å²) in [5.41, 5.74) is 0. The van der Waals surface area contributed by atoms with Crippen LogP contribution in [0.15, 0.2) is 0 Å². The zero-order valence-corrected chi connectivity index (χ0v) is 14.5. The maximum atomic E-state index is 5.88. The normalized spacial score (nSPS) is 19.0. The van der Waals surface area contributed by atoms with Crippen molar-refractivity contribution in [3.63, 3.8) is 0 Å². The average Bonchev–Trinajstić information content (AvgIpc) is 2.38. The van der Waals surface area contributed by atoms with Crippen LogP contribution in [0.5, 0.6) is 0 Å². The Morgan fingerprint density at radius 3 is 1.24 bits per heavy atom. The molecule has 0 fully saturated rings. The second-order valence-electron chi connectivity index (χ2n) is 5.28. The van der Waals surface area contributed by atoms with Gasteiger partial charge in [0.1, 0.15) is 6.10 Å². The van der Waals surface area contributed by atoms with E-state index < -0.39 is 6.29 Å². The monoisotopic (exact) mass is 308 g/mol. The van der Waals surface area contributed by atoms with Crippen LogP contribution in [0.4, 0.5) is 0 Å². The van der Waals surface area contributed by atoms with Crippen LogP contribution >= 0.6 is 0 Å². The Bertz CT molecular complexity index is 224. The lowest BCUT2D eigenvalue weighted by Crippen LogP contribution is -2.40. The molecule has 6 heteroatoms. The van der Waals surface area contributed by atoms with Gasteiger partial charge in [-0.05, 0) is 27.7 Å². The highest BCUT2D eigenvalue weighted by atomic mass is 16.7. The minimum Gasteiger partial charge on any atom is -0.382 e. The molecule has 0 radical (unpaired) electrons. The summed E-state index contributed by atoms with van der Waals surface area (Å²) in [6.45, 7) is 9.28. The lowest BCUT2D eigenvalue weighted by Gasteiger charge is -2.31. The van der Waals surface area contributed by atoms with E-state index in [0.717, 1.165) is 0 Å². The van der Waals surface area contributed by atoms with Gasteiger partial charge in [0.25, 0.3) is 0 Å².